The first-order valence-electron chi connectivity index (χ1n) is 12.4. The summed E-state index contributed by atoms with van der Waals surface area (Å²) in [5.41, 5.74) is 2.24. The zero-order valence-corrected chi connectivity index (χ0v) is 23.2. The van der Waals surface area contributed by atoms with E-state index in [0.29, 0.717) is 23.6 Å². The number of rotatable bonds is 7. The molecule has 0 radical (unpaired) electrons. The van der Waals surface area contributed by atoms with Crippen molar-refractivity contribution in [2.24, 2.45) is 0 Å². The van der Waals surface area contributed by atoms with E-state index in [9.17, 15) is 19.2 Å². The predicted molar refractivity (Wildman–Crippen MR) is 153 cm³/mol. The average molecular weight is 582 g/mol. The summed E-state index contributed by atoms with van der Waals surface area (Å²) in [4.78, 5) is 57.2. The van der Waals surface area contributed by atoms with Crippen LogP contribution in [0.1, 0.15) is 16.8 Å². The van der Waals surface area contributed by atoms with Gasteiger partial charge in [0, 0.05) is 36.9 Å². The van der Waals surface area contributed by atoms with Gasteiger partial charge in [0.1, 0.15) is 12.4 Å². The zero-order chi connectivity index (χ0) is 28.6. The molecule has 40 heavy (non-hydrogen) atoms. The number of amides is 4. The van der Waals surface area contributed by atoms with Crippen LogP contribution in [-0.2, 0) is 19.1 Å². The first-order valence-corrected chi connectivity index (χ1v) is 13.3. The first kappa shape index (κ1) is 29.1. The Labute approximate surface area is 241 Å². The Balaban J connectivity index is 1.46. The lowest BCUT2D eigenvalue weighted by atomic mass is 9.98. The van der Waals surface area contributed by atoms with Crippen molar-refractivity contribution in [2.45, 2.75) is 23.4 Å². The predicted octanol–water partition coefficient (Wildman–Crippen LogP) is 2.79. The smallest absolute Gasteiger partial charge is 0.314 e. The van der Waals surface area contributed by atoms with Crippen LogP contribution in [0.4, 0.5) is 5.82 Å². The summed E-state index contributed by atoms with van der Waals surface area (Å²) < 4.78 is 4.96. The second-order valence-corrected chi connectivity index (χ2v) is 10.0. The number of carbonyl (C=O) groups is 4. The quantitative estimate of drug-likeness (QED) is 0.251. The minimum Gasteiger partial charge on any atom is -0.375 e. The van der Waals surface area contributed by atoms with Gasteiger partial charge >= 0.3 is 11.8 Å². The largest absolute Gasteiger partial charge is 0.375 e. The minimum absolute atomic E-state index is 0.109. The van der Waals surface area contributed by atoms with Crippen LogP contribution in [0.25, 0.3) is 11.1 Å². The number of thiol groups is 1. The Kier molecular flexibility index (Phi) is 9.75. The Morgan fingerprint density at radius 1 is 1.00 bits per heavy atom. The van der Waals surface area contributed by atoms with Gasteiger partial charge in [-0.3, -0.25) is 19.2 Å². The number of anilines is 1. The Hall–Kier alpha value is -3.93. The van der Waals surface area contributed by atoms with Crippen LogP contribution in [0.2, 0.25) is 5.02 Å². The second kappa shape index (κ2) is 13.4. The molecular formula is C28H28ClN5O5S. The fraction of sp³-hybridized carbons (Fsp3) is 0.250. The van der Waals surface area contributed by atoms with Crippen molar-refractivity contribution in [1.82, 2.24) is 20.5 Å². The standard InChI is InChI=1S/C28H28ClN5O5S/c1-39-16-25(35)34-13-12-21(31-27(37)28(38)33-24-11-10-19(29)14-30-24)22(15-34)32-26(36)18-8-6-17(7-9-18)20-4-2-3-5-23(20)40/h2-11,14,21-22,40H,12-13,15-16H2,1H3,(H,31,37)(H,32,36)(H,30,33,38)/t21-,22+/m0/s1. The van der Waals surface area contributed by atoms with Crippen molar-refractivity contribution in [3.63, 3.8) is 0 Å². The lowest BCUT2D eigenvalue weighted by Crippen LogP contribution is -2.62. The number of pyridine rings is 1. The molecule has 208 valence electrons. The summed E-state index contributed by atoms with van der Waals surface area (Å²) >= 11 is 10.3. The highest BCUT2D eigenvalue weighted by atomic mass is 35.5. The maximum absolute atomic E-state index is 13.2. The average Bonchev–Trinajstić information content (AvgIpc) is 2.95. The van der Waals surface area contributed by atoms with Gasteiger partial charge in [-0.15, -0.1) is 12.6 Å². The van der Waals surface area contributed by atoms with Gasteiger partial charge in [0.05, 0.1) is 17.1 Å². The Morgan fingerprint density at radius 3 is 2.42 bits per heavy atom. The molecule has 1 saturated heterocycles. The molecule has 2 aromatic carbocycles. The van der Waals surface area contributed by atoms with Crippen molar-refractivity contribution < 1.29 is 23.9 Å². The highest BCUT2D eigenvalue weighted by Gasteiger charge is 2.34. The number of nitrogens with one attached hydrogen (secondary N) is 3. The molecule has 0 unspecified atom stereocenters. The summed E-state index contributed by atoms with van der Waals surface area (Å²) in [5.74, 6) is -2.28. The molecule has 10 nitrogen and oxygen atoms in total. The number of hydrogen-bond acceptors (Lipinski definition) is 7. The van der Waals surface area contributed by atoms with E-state index in [1.807, 2.05) is 36.4 Å². The molecule has 3 N–H and O–H groups in total. The van der Waals surface area contributed by atoms with E-state index in [0.717, 1.165) is 16.0 Å². The van der Waals surface area contributed by atoms with E-state index in [-0.39, 0.29) is 30.8 Å². The lowest BCUT2D eigenvalue weighted by Gasteiger charge is -2.39. The number of halogens is 1. The number of hydrogen-bond donors (Lipinski definition) is 4. The van der Waals surface area contributed by atoms with Crippen LogP contribution < -0.4 is 16.0 Å². The van der Waals surface area contributed by atoms with Crippen LogP contribution in [0.3, 0.4) is 0 Å². The Morgan fingerprint density at radius 2 is 1.75 bits per heavy atom. The third-order valence-corrected chi connectivity index (χ3v) is 7.02. The van der Waals surface area contributed by atoms with Crippen LogP contribution >= 0.6 is 24.2 Å². The molecule has 2 atom stereocenters. The summed E-state index contributed by atoms with van der Waals surface area (Å²) in [5, 5.41) is 8.41. The number of piperidine rings is 1. The Bertz CT molecular complexity index is 1390. The SMILES string of the molecule is COCC(=O)N1CC[C@H](NC(=O)C(=O)Nc2ccc(Cl)cn2)[C@H](NC(=O)c2ccc(-c3ccccc3S)cc2)C1. The third-order valence-electron chi connectivity index (χ3n) is 6.40. The molecule has 3 aromatic rings. The van der Waals surface area contributed by atoms with Crippen LogP contribution in [-0.4, -0.2) is 72.4 Å². The van der Waals surface area contributed by atoms with E-state index in [1.165, 1.54) is 25.4 Å². The molecule has 1 fully saturated rings. The minimum atomic E-state index is -0.919. The van der Waals surface area contributed by atoms with Crippen molar-refractivity contribution in [2.75, 3.05) is 32.1 Å². The number of benzene rings is 2. The maximum Gasteiger partial charge on any atom is 0.314 e. The molecule has 1 aliphatic rings. The second-order valence-electron chi connectivity index (χ2n) is 9.13. The summed E-state index contributed by atoms with van der Waals surface area (Å²) in [6, 6.07) is 16.4. The lowest BCUT2D eigenvalue weighted by molar-refractivity contribution is -0.138. The van der Waals surface area contributed by atoms with Crippen molar-refractivity contribution in [1.29, 1.82) is 0 Å². The van der Waals surface area contributed by atoms with E-state index in [2.05, 4.69) is 33.6 Å². The van der Waals surface area contributed by atoms with Gasteiger partial charge in [-0.05, 0) is 47.9 Å². The molecule has 0 aliphatic carbocycles. The van der Waals surface area contributed by atoms with Crippen molar-refractivity contribution in [3.05, 3.63) is 77.4 Å². The monoisotopic (exact) mass is 581 g/mol. The van der Waals surface area contributed by atoms with Gasteiger partial charge < -0.3 is 25.6 Å². The van der Waals surface area contributed by atoms with Crippen LogP contribution in [0, 0.1) is 0 Å². The molecule has 1 aliphatic heterocycles. The molecule has 12 heteroatoms. The highest BCUT2D eigenvalue weighted by Crippen LogP contribution is 2.26. The van der Waals surface area contributed by atoms with Gasteiger partial charge in [0.2, 0.25) is 5.91 Å². The number of carbonyl (C=O) groups excluding carboxylic acids is 4. The van der Waals surface area contributed by atoms with Gasteiger partial charge in [0.25, 0.3) is 5.91 Å². The van der Waals surface area contributed by atoms with E-state index in [1.54, 1.807) is 17.0 Å². The van der Waals surface area contributed by atoms with Crippen molar-refractivity contribution >= 4 is 53.7 Å². The molecule has 0 spiro atoms. The van der Waals surface area contributed by atoms with Crippen LogP contribution in [0.5, 0.6) is 0 Å². The topological polar surface area (TPSA) is 130 Å². The fourth-order valence-corrected chi connectivity index (χ4v) is 4.74. The highest BCUT2D eigenvalue weighted by molar-refractivity contribution is 7.80. The fourth-order valence-electron chi connectivity index (χ4n) is 4.34. The van der Waals surface area contributed by atoms with Gasteiger partial charge in [-0.1, -0.05) is 41.9 Å². The van der Waals surface area contributed by atoms with Gasteiger partial charge in [-0.2, -0.15) is 0 Å². The number of methoxy groups -OCH3 is 1. The third kappa shape index (κ3) is 7.38. The molecule has 1 aromatic heterocycles. The van der Waals surface area contributed by atoms with Crippen molar-refractivity contribution in [3.8, 4) is 11.1 Å². The number of aromatic nitrogens is 1. The van der Waals surface area contributed by atoms with Gasteiger partial charge in [0.15, 0.2) is 0 Å². The molecule has 4 amide bonds. The molecule has 2 heterocycles. The number of likely N-dealkylation sites (tertiary alicyclic amines) is 1. The van der Waals surface area contributed by atoms with E-state index in [4.69, 9.17) is 16.3 Å². The normalized spacial score (nSPS) is 16.6. The number of ether oxygens (including phenoxy) is 1. The van der Waals surface area contributed by atoms with Crippen LogP contribution in [0.15, 0.2) is 71.8 Å². The molecule has 0 saturated carbocycles. The summed E-state index contributed by atoms with van der Waals surface area (Å²) in [6.45, 7) is 0.338. The molecular weight excluding hydrogens is 554 g/mol. The zero-order valence-electron chi connectivity index (χ0n) is 21.6. The van der Waals surface area contributed by atoms with E-state index >= 15 is 0 Å². The maximum atomic E-state index is 13.2. The molecule has 0 bridgehead atoms. The van der Waals surface area contributed by atoms with Gasteiger partial charge in [-0.25, -0.2) is 4.98 Å². The first-order chi connectivity index (χ1) is 19.2. The summed E-state index contributed by atoms with van der Waals surface area (Å²) in [6.07, 6.45) is 1.66. The van der Waals surface area contributed by atoms with E-state index < -0.39 is 23.9 Å². The summed E-state index contributed by atoms with van der Waals surface area (Å²) in [7, 11) is 1.42. The number of nitrogens with zero attached hydrogens (tertiary/aromatic N) is 2. The molecule has 4 rings (SSSR count).